The van der Waals surface area contributed by atoms with Crippen molar-refractivity contribution in [3.8, 4) is 0 Å². The van der Waals surface area contributed by atoms with Crippen molar-refractivity contribution in [2.45, 2.75) is 111 Å². The van der Waals surface area contributed by atoms with Gasteiger partial charge in [0.05, 0.1) is 39.4 Å². The molecule has 0 aliphatic rings. The van der Waals surface area contributed by atoms with E-state index in [1.807, 2.05) is 225 Å². The lowest BCUT2D eigenvalue weighted by atomic mass is 10.3. The van der Waals surface area contributed by atoms with Crippen molar-refractivity contribution in [1.29, 1.82) is 0 Å². The van der Waals surface area contributed by atoms with Crippen LogP contribution in [0.15, 0.2) is 136 Å². The predicted octanol–water partition coefficient (Wildman–Crippen LogP) is 16.3. The summed E-state index contributed by atoms with van der Waals surface area (Å²) in [5.41, 5.74) is 7.92. The summed E-state index contributed by atoms with van der Waals surface area (Å²) in [6.45, 7) is 32.0. The molecule has 6 nitrogen and oxygen atoms in total. The van der Waals surface area contributed by atoms with Gasteiger partial charge in [-0.1, -0.05) is 165 Å². The standard InChI is InChI=1S/C8H8N2.C8H6O.C7H5NO.C7H5NS.8C2H6/c1-10-6-9-7-4-2-3-5-8(7)10;1-2-4-8-7(3-1)5-6-9-8;2*1-2-4-7-6(3-1)8-5-9-7;8*1-2/h2-6H,1H3;1-6H;2*1-5H;8*1-2H3. The van der Waals surface area contributed by atoms with Crippen LogP contribution >= 0.6 is 11.3 Å². The van der Waals surface area contributed by atoms with Gasteiger partial charge < -0.3 is 13.4 Å². The first-order valence-electron chi connectivity index (χ1n) is 19.6. The van der Waals surface area contributed by atoms with Gasteiger partial charge in [0.15, 0.2) is 12.0 Å². The summed E-state index contributed by atoms with van der Waals surface area (Å²) in [5.74, 6) is 0. The highest BCUT2D eigenvalue weighted by Gasteiger charge is 1.94. The summed E-state index contributed by atoms with van der Waals surface area (Å²) in [6, 6.07) is 33.8. The van der Waals surface area contributed by atoms with Crippen LogP contribution in [0.4, 0.5) is 0 Å². The van der Waals surface area contributed by atoms with Gasteiger partial charge in [0.2, 0.25) is 0 Å². The smallest absolute Gasteiger partial charge is 0.181 e. The molecule has 4 aromatic heterocycles. The summed E-state index contributed by atoms with van der Waals surface area (Å²) in [5, 5.41) is 1.16. The third-order valence-electron chi connectivity index (χ3n) is 5.47. The number of para-hydroxylation sites is 6. The van der Waals surface area contributed by atoms with E-state index in [1.165, 1.54) is 16.6 Å². The highest BCUT2D eigenvalue weighted by Crippen LogP contribution is 2.15. The Bertz CT molecular complexity index is 1590. The maximum Gasteiger partial charge on any atom is 0.181 e. The molecular formula is C46H72N4O2S. The van der Waals surface area contributed by atoms with Crippen LogP contribution in [0.25, 0.3) is 43.3 Å². The molecule has 0 amide bonds. The number of furan rings is 1. The van der Waals surface area contributed by atoms with E-state index in [2.05, 4.69) is 27.1 Å². The van der Waals surface area contributed by atoms with E-state index in [4.69, 9.17) is 8.83 Å². The molecule has 0 aliphatic heterocycles. The van der Waals surface area contributed by atoms with Gasteiger partial charge in [-0.05, 0) is 48.5 Å². The predicted molar refractivity (Wildman–Crippen MR) is 241 cm³/mol. The number of oxazole rings is 1. The van der Waals surface area contributed by atoms with E-state index in [-0.39, 0.29) is 0 Å². The van der Waals surface area contributed by atoms with Crippen LogP contribution in [0.2, 0.25) is 0 Å². The van der Waals surface area contributed by atoms with Crippen LogP contribution in [0.3, 0.4) is 0 Å². The Labute approximate surface area is 327 Å². The highest BCUT2D eigenvalue weighted by molar-refractivity contribution is 7.16. The van der Waals surface area contributed by atoms with Gasteiger partial charge in [-0.2, -0.15) is 0 Å². The van der Waals surface area contributed by atoms with Crippen LogP contribution in [-0.2, 0) is 7.05 Å². The van der Waals surface area contributed by atoms with Gasteiger partial charge in [-0.3, -0.25) is 0 Å². The molecule has 8 aromatic rings. The van der Waals surface area contributed by atoms with Crippen molar-refractivity contribution in [3.05, 3.63) is 128 Å². The number of hydrogen-bond donors (Lipinski definition) is 0. The Morgan fingerprint density at radius 1 is 0.453 bits per heavy atom. The minimum Gasteiger partial charge on any atom is -0.464 e. The third-order valence-corrected chi connectivity index (χ3v) is 6.28. The summed E-state index contributed by atoms with van der Waals surface area (Å²) in [4.78, 5) is 12.3. The maximum absolute atomic E-state index is 5.12. The quantitative estimate of drug-likeness (QED) is 0.155. The van der Waals surface area contributed by atoms with Crippen molar-refractivity contribution in [1.82, 2.24) is 19.5 Å². The lowest BCUT2D eigenvalue weighted by Gasteiger charge is -1.90. The van der Waals surface area contributed by atoms with E-state index in [0.29, 0.717) is 0 Å². The molecule has 0 N–H and O–H groups in total. The molecule has 8 rings (SSSR count). The van der Waals surface area contributed by atoms with Crippen molar-refractivity contribution < 1.29 is 8.83 Å². The van der Waals surface area contributed by atoms with Crippen molar-refractivity contribution >= 4 is 54.7 Å². The van der Waals surface area contributed by atoms with E-state index in [1.54, 1.807) is 17.6 Å². The third kappa shape index (κ3) is 22.0. The number of aryl methyl sites for hydroxylation is 1. The SMILES string of the molecule is CC.CC.CC.CC.CC.CC.CC.CC.Cn1cnc2ccccc21.c1ccc2occc2c1.c1ccc2ocnc2c1.c1ccc2scnc2c1. The average Bonchev–Trinajstić information content (AvgIpc) is 4.13. The molecule has 53 heavy (non-hydrogen) atoms. The second-order valence-electron chi connectivity index (χ2n) is 7.94. The largest absolute Gasteiger partial charge is 0.464 e. The zero-order valence-electron chi connectivity index (χ0n) is 36.1. The molecule has 0 fully saturated rings. The Balaban J connectivity index is -0.000000268. The van der Waals surface area contributed by atoms with Crippen LogP contribution in [0.5, 0.6) is 0 Å². The topological polar surface area (TPSA) is 69.9 Å². The molecule has 4 aromatic carbocycles. The Kier molecular flexibility index (Phi) is 43.3. The molecule has 0 spiro atoms. The Hall–Kier alpha value is -4.75. The van der Waals surface area contributed by atoms with Gasteiger partial charge in [0.25, 0.3) is 0 Å². The van der Waals surface area contributed by atoms with Gasteiger partial charge in [0.1, 0.15) is 11.1 Å². The number of hydrogen-bond acceptors (Lipinski definition) is 6. The van der Waals surface area contributed by atoms with Crippen LogP contribution < -0.4 is 0 Å². The van der Waals surface area contributed by atoms with Crippen molar-refractivity contribution in [3.63, 3.8) is 0 Å². The molecule has 4 heterocycles. The summed E-state index contributed by atoms with van der Waals surface area (Å²) in [7, 11) is 2.00. The zero-order valence-corrected chi connectivity index (χ0v) is 37.0. The number of rotatable bonds is 0. The first-order chi connectivity index (χ1) is 26.3. The molecule has 0 bridgehead atoms. The first-order valence-corrected chi connectivity index (χ1v) is 20.5. The second kappa shape index (κ2) is 41.7. The molecule has 7 heteroatoms. The number of benzene rings is 4. The number of aromatic nitrogens is 4. The van der Waals surface area contributed by atoms with Gasteiger partial charge in [-0.25, -0.2) is 15.0 Å². The number of imidazole rings is 1. The molecule has 0 atom stereocenters. The minimum absolute atomic E-state index is 0.845. The van der Waals surface area contributed by atoms with E-state index < -0.39 is 0 Å². The van der Waals surface area contributed by atoms with E-state index in [0.717, 1.165) is 33.1 Å². The fraction of sp³-hybridized carbons (Fsp3) is 0.370. The van der Waals surface area contributed by atoms with Gasteiger partial charge in [-0.15, -0.1) is 11.3 Å². The van der Waals surface area contributed by atoms with Crippen LogP contribution in [0, 0.1) is 0 Å². The summed E-state index contributed by atoms with van der Waals surface area (Å²) >= 11 is 1.68. The minimum atomic E-state index is 0.845. The molecular weight excluding hydrogens is 673 g/mol. The lowest BCUT2D eigenvalue weighted by Crippen LogP contribution is -1.81. The highest BCUT2D eigenvalue weighted by atomic mass is 32.1. The number of nitrogens with zero attached hydrogens (tertiary/aromatic N) is 4. The monoisotopic (exact) mass is 745 g/mol. The summed E-state index contributed by atoms with van der Waals surface area (Å²) < 4.78 is 13.4. The normalized spacial score (nSPS) is 8.09. The summed E-state index contributed by atoms with van der Waals surface area (Å²) in [6.07, 6.45) is 4.97. The number of thiazole rings is 1. The fourth-order valence-electron chi connectivity index (χ4n) is 3.60. The Morgan fingerprint density at radius 3 is 1.49 bits per heavy atom. The fourth-order valence-corrected chi connectivity index (χ4v) is 4.27. The number of fused-ring (bicyclic) bond motifs is 4. The molecule has 0 aliphatic carbocycles. The second-order valence-corrected chi connectivity index (χ2v) is 8.83. The van der Waals surface area contributed by atoms with E-state index in [9.17, 15) is 0 Å². The first kappa shape index (κ1) is 55.0. The van der Waals surface area contributed by atoms with Crippen LogP contribution in [-0.4, -0.2) is 19.5 Å². The van der Waals surface area contributed by atoms with Gasteiger partial charge in [0, 0.05) is 12.4 Å². The maximum atomic E-state index is 5.12. The lowest BCUT2D eigenvalue weighted by molar-refractivity contribution is 0.602. The Morgan fingerprint density at radius 2 is 0.943 bits per heavy atom. The van der Waals surface area contributed by atoms with E-state index >= 15 is 0 Å². The van der Waals surface area contributed by atoms with Crippen molar-refractivity contribution in [2.75, 3.05) is 0 Å². The van der Waals surface area contributed by atoms with Gasteiger partial charge >= 0.3 is 0 Å². The molecule has 0 radical (unpaired) electrons. The van der Waals surface area contributed by atoms with Crippen molar-refractivity contribution in [2.24, 2.45) is 7.05 Å². The molecule has 0 unspecified atom stereocenters. The molecule has 0 saturated heterocycles. The zero-order chi connectivity index (χ0) is 41.3. The average molecular weight is 745 g/mol. The van der Waals surface area contributed by atoms with Crippen LogP contribution in [0.1, 0.15) is 111 Å². The molecule has 0 saturated carbocycles. The molecule has 294 valence electrons.